The molecule has 0 bridgehead atoms. The molecule has 2 aliphatic rings. The normalized spacial score (nSPS) is 23.3. The smallest absolute Gasteiger partial charge is 0.131 e. The lowest BCUT2D eigenvalue weighted by Gasteiger charge is -2.39. The van der Waals surface area contributed by atoms with Gasteiger partial charge in [0.25, 0.3) is 0 Å². The molecule has 1 saturated carbocycles. The Balaban J connectivity index is 1.69. The summed E-state index contributed by atoms with van der Waals surface area (Å²) in [4.78, 5) is 0. The van der Waals surface area contributed by atoms with Crippen LogP contribution in [0, 0.1) is 0 Å². The summed E-state index contributed by atoms with van der Waals surface area (Å²) in [5, 5.41) is 3.24. The third kappa shape index (κ3) is 1.86. The highest BCUT2D eigenvalue weighted by Gasteiger charge is 2.33. The maximum absolute atomic E-state index is 5.93. The minimum atomic E-state index is 0.0150. The molecular formula is C13H17NO. The maximum atomic E-state index is 5.93. The second-order valence-corrected chi connectivity index (χ2v) is 5.00. The summed E-state index contributed by atoms with van der Waals surface area (Å²) in [5.41, 5.74) is 1.49. The molecule has 1 aromatic rings. The van der Waals surface area contributed by atoms with Crippen LogP contribution in [0.5, 0.6) is 5.75 Å². The lowest BCUT2D eigenvalue weighted by Crippen LogP contribution is -2.60. The van der Waals surface area contributed by atoms with Crippen LogP contribution in [0.25, 0.3) is 0 Å². The van der Waals surface area contributed by atoms with Crippen molar-refractivity contribution in [2.75, 3.05) is 13.1 Å². The molecule has 0 spiro atoms. The summed E-state index contributed by atoms with van der Waals surface area (Å²) in [6.45, 7) is 4.06. The second kappa shape index (κ2) is 3.24. The molecule has 1 aromatic carbocycles. The Labute approximate surface area is 90.6 Å². The third-order valence-electron chi connectivity index (χ3n) is 3.29. The fourth-order valence-electron chi connectivity index (χ4n) is 2.06. The van der Waals surface area contributed by atoms with Gasteiger partial charge in [-0.1, -0.05) is 12.1 Å². The standard InChI is InChI=1S/C13H17NO/c1-13(8-14-9-13)15-12-6-4-11(5-7-12)10-2-3-10/h4-7,10,14H,2-3,8-9H2,1H3. The van der Waals surface area contributed by atoms with E-state index in [0.717, 1.165) is 24.8 Å². The van der Waals surface area contributed by atoms with Crippen molar-refractivity contribution in [2.24, 2.45) is 0 Å². The summed E-state index contributed by atoms with van der Waals surface area (Å²) in [6.07, 6.45) is 2.73. The van der Waals surface area contributed by atoms with Crippen LogP contribution in [-0.2, 0) is 0 Å². The van der Waals surface area contributed by atoms with E-state index in [9.17, 15) is 0 Å². The van der Waals surface area contributed by atoms with E-state index in [2.05, 4.69) is 36.5 Å². The predicted molar refractivity (Wildman–Crippen MR) is 60.3 cm³/mol. The Morgan fingerprint density at radius 3 is 2.33 bits per heavy atom. The molecule has 1 aliphatic heterocycles. The minimum Gasteiger partial charge on any atom is -0.485 e. The molecule has 2 nitrogen and oxygen atoms in total. The van der Waals surface area contributed by atoms with E-state index in [0.29, 0.717) is 0 Å². The molecule has 1 aliphatic carbocycles. The van der Waals surface area contributed by atoms with Gasteiger partial charge in [0.15, 0.2) is 0 Å². The highest BCUT2D eigenvalue weighted by atomic mass is 16.5. The van der Waals surface area contributed by atoms with Crippen molar-refractivity contribution in [1.29, 1.82) is 0 Å². The Morgan fingerprint density at radius 1 is 1.20 bits per heavy atom. The van der Waals surface area contributed by atoms with Gasteiger partial charge in [-0.15, -0.1) is 0 Å². The fourth-order valence-corrected chi connectivity index (χ4v) is 2.06. The zero-order valence-corrected chi connectivity index (χ0v) is 9.12. The predicted octanol–water partition coefficient (Wildman–Crippen LogP) is 2.30. The number of nitrogens with one attached hydrogen (secondary N) is 1. The van der Waals surface area contributed by atoms with Crippen molar-refractivity contribution in [2.45, 2.75) is 31.3 Å². The summed E-state index contributed by atoms with van der Waals surface area (Å²) in [7, 11) is 0. The molecule has 0 unspecified atom stereocenters. The first kappa shape index (κ1) is 9.22. The highest BCUT2D eigenvalue weighted by molar-refractivity contribution is 5.32. The summed E-state index contributed by atoms with van der Waals surface area (Å²) < 4.78 is 5.93. The number of ether oxygens (including phenoxy) is 1. The Kier molecular flexibility index (Phi) is 1.99. The van der Waals surface area contributed by atoms with E-state index >= 15 is 0 Å². The van der Waals surface area contributed by atoms with Crippen LogP contribution in [-0.4, -0.2) is 18.7 Å². The first-order valence-corrected chi connectivity index (χ1v) is 5.75. The molecule has 0 amide bonds. The van der Waals surface area contributed by atoms with Crippen molar-refractivity contribution < 1.29 is 4.74 Å². The van der Waals surface area contributed by atoms with Crippen LogP contribution in [0.15, 0.2) is 24.3 Å². The molecule has 0 atom stereocenters. The van der Waals surface area contributed by atoms with E-state index < -0.39 is 0 Å². The number of rotatable bonds is 3. The SMILES string of the molecule is CC1(Oc2ccc(C3CC3)cc2)CNC1. The quantitative estimate of drug-likeness (QED) is 0.814. The first-order valence-electron chi connectivity index (χ1n) is 5.75. The molecule has 1 N–H and O–H groups in total. The highest BCUT2D eigenvalue weighted by Crippen LogP contribution is 2.40. The van der Waals surface area contributed by atoms with Gasteiger partial charge in [0.05, 0.1) is 0 Å². The number of hydrogen-bond donors (Lipinski definition) is 1. The third-order valence-corrected chi connectivity index (χ3v) is 3.29. The molecule has 2 heteroatoms. The largest absolute Gasteiger partial charge is 0.485 e. The van der Waals surface area contributed by atoms with Crippen molar-refractivity contribution in [1.82, 2.24) is 5.32 Å². The Hall–Kier alpha value is -1.02. The fraction of sp³-hybridized carbons (Fsp3) is 0.538. The van der Waals surface area contributed by atoms with Gasteiger partial charge < -0.3 is 10.1 Å². The zero-order chi connectivity index (χ0) is 10.3. The van der Waals surface area contributed by atoms with E-state index in [4.69, 9.17) is 4.74 Å². The van der Waals surface area contributed by atoms with Gasteiger partial charge in [-0.2, -0.15) is 0 Å². The summed E-state index contributed by atoms with van der Waals surface area (Å²) >= 11 is 0. The maximum Gasteiger partial charge on any atom is 0.131 e. The van der Waals surface area contributed by atoms with Gasteiger partial charge in [0.1, 0.15) is 11.4 Å². The lowest BCUT2D eigenvalue weighted by atomic mass is 10.00. The average molecular weight is 203 g/mol. The van der Waals surface area contributed by atoms with Gasteiger partial charge in [0, 0.05) is 13.1 Å². The van der Waals surface area contributed by atoms with Gasteiger partial charge in [-0.05, 0) is 43.4 Å². The van der Waals surface area contributed by atoms with Crippen molar-refractivity contribution in [3.05, 3.63) is 29.8 Å². The second-order valence-electron chi connectivity index (χ2n) is 5.00. The molecule has 0 aromatic heterocycles. The first-order chi connectivity index (χ1) is 7.25. The van der Waals surface area contributed by atoms with Crippen LogP contribution < -0.4 is 10.1 Å². The molecule has 1 saturated heterocycles. The van der Waals surface area contributed by atoms with Crippen LogP contribution in [0.1, 0.15) is 31.2 Å². The molecule has 1 heterocycles. The number of hydrogen-bond acceptors (Lipinski definition) is 2. The monoisotopic (exact) mass is 203 g/mol. The summed E-state index contributed by atoms with van der Waals surface area (Å²) in [6, 6.07) is 8.64. The van der Waals surface area contributed by atoms with E-state index in [1.807, 2.05) is 0 Å². The van der Waals surface area contributed by atoms with Crippen LogP contribution in [0.3, 0.4) is 0 Å². The molecule has 15 heavy (non-hydrogen) atoms. The topological polar surface area (TPSA) is 21.3 Å². The lowest BCUT2D eigenvalue weighted by molar-refractivity contribution is 0.0349. The molecular weight excluding hydrogens is 186 g/mol. The van der Waals surface area contributed by atoms with Gasteiger partial charge >= 0.3 is 0 Å². The van der Waals surface area contributed by atoms with Crippen LogP contribution in [0.4, 0.5) is 0 Å². The molecule has 3 rings (SSSR count). The van der Waals surface area contributed by atoms with Crippen molar-refractivity contribution in [3.63, 3.8) is 0 Å². The molecule has 0 radical (unpaired) electrons. The van der Waals surface area contributed by atoms with Crippen molar-refractivity contribution in [3.8, 4) is 5.75 Å². The van der Waals surface area contributed by atoms with Crippen LogP contribution >= 0.6 is 0 Å². The van der Waals surface area contributed by atoms with Gasteiger partial charge in [-0.25, -0.2) is 0 Å². The van der Waals surface area contributed by atoms with Gasteiger partial charge in [-0.3, -0.25) is 0 Å². The minimum absolute atomic E-state index is 0.0150. The Morgan fingerprint density at radius 2 is 1.87 bits per heavy atom. The van der Waals surface area contributed by atoms with Crippen molar-refractivity contribution >= 4 is 0 Å². The Bertz CT molecular complexity index is 349. The van der Waals surface area contributed by atoms with E-state index in [-0.39, 0.29) is 5.60 Å². The van der Waals surface area contributed by atoms with E-state index in [1.54, 1.807) is 0 Å². The van der Waals surface area contributed by atoms with Gasteiger partial charge in [0.2, 0.25) is 0 Å². The molecule has 80 valence electrons. The van der Waals surface area contributed by atoms with Crippen LogP contribution in [0.2, 0.25) is 0 Å². The summed E-state index contributed by atoms with van der Waals surface area (Å²) in [5.74, 6) is 1.84. The zero-order valence-electron chi connectivity index (χ0n) is 9.12. The average Bonchev–Trinajstić information content (AvgIpc) is 3.00. The molecule has 2 fully saturated rings. The number of benzene rings is 1. The van der Waals surface area contributed by atoms with E-state index in [1.165, 1.54) is 18.4 Å².